The lowest BCUT2D eigenvalue weighted by Gasteiger charge is -1.99. The first-order valence-corrected chi connectivity index (χ1v) is 5.36. The fraction of sp³-hybridized carbons (Fsp3) is 0.0833. The van der Waals surface area contributed by atoms with E-state index in [4.69, 9.17) is 5.11 Å². The van der Waals surface area contributed by atoms with Crippen molar-refractivity contribution < 1.29 is 9.90 Å². The number of carboxylic acid groups (broad SMARTS) is 1. The normalized spacial score (nSPS) is 10.9. The van der Waals surface area contributed by atoms with Crippen LogP contribution in [-0.4, -0.2) is 30.5 Å². The molecule has 0 saturated carbocycles. The number of aromatic carboxylic acids is 1. The lowest BCUT2D eigenvalue weighted by atomic mass is 10.2. The summed E-state index contributed by atoms with van der Waals surface area (Å²) >= 11 is 0. The lowest BCUT2D eigenvalue weighted by molar-refractivity contribution is 0.0699. The molecule has 0 fully saturated rings. The zero-order valence-electron chi connectivity index (χ0n) is 9.61. The third-order valence-corrected chi connectivity index (χ3v) is 2.76. The van der Waals surface area contributed by atoms with E-state index in [1.807, 2.05) is 25.4 Å². The van der Waals surface area contributed by atoms with Crippen molar-refractivity contribution in [1.82, 2.24) is 19.4 Å². The Labute approximate surface area is 102 Å². The molecule has 1 N–H and O–H groups in total. The first-order chi connectivity index (χ1) is 8.65. The molecule has 90 valence electrons. The predicted molar refractivity (Wildman–Crippen MR) is 64.4 cm³/mol. The van der Waals surface area contributed by atoms with Crippen LogP contribution in [0.3, 0.4) is 0 Å². The maximum Gasteiger partial charge on any atom is 0.339 e. The van der Waals surface area contributed by atoms with Crippen LogP contribution in [0.4, 0.5) is 0 Å². The fourth-order valence-corrected chi connectivity index (χ4v) is 1.87. The Kier molecular flexibility index (Phi) is 2.16. The molecule has 3 rings (SSSR count). The van der Waals surface area contributed by atoms with Gasteiger partial charge in [-0.15, -0.1) is 0 Å². The van der Waals surface area contributed by atoms with E-state index in [1.165, 1.54) is 6.20 Å². The van der Waals surface area contributed by atoms with Gasteiger partial charge in [-0.2, -0.15) is 10.2 Å². The summed E-state index contributed by atoms with van der Waals surface area (Å²) in [4.78, 5) is 11.0. The third-order valence-electron chi connectivity index (χ3n) is 2.76. The number of fused-ring (bicyclic) bond motifs is 1. The monoisotopic (exact) mass is 242 g/mol. The van der Waals surface area contributed by atoms with Gasteiger partial charge in [0.1, 0.15) is 5.56 Å². The second kappa shape index (κ2) is 3.69. The third kappa shape index (κ3) is 1.55. The Bertz CT molecular complexity index is 741. The minimum absolute atomic E-state index is 0.197. The smallest absolute Gasteiger partial charge is 0.339 e. The molecule has 3 aromatic heterocycles. The van der Waals surface area contributed by atoms with E-state index in [2.05, 4.69) is 10.2 Å². The van der Waals surface area contributed by atoms with Crippen LogP contribution in [-0.2, 0) is 7.05 Å². The summed E-state index contributed by atoms with van der Waals surface area (Å²) < 4.78 is 3.26. The molecular formula is C12H10N4O2. The number of carbonyl (C=O) groups is 1. The molecule has 0 bridgehead atoms. The molecule has 0 radical (unpaired) electrons. The van der Waals surface area contributed by atoms with Crippen molar-refractivity contribution >= 4 is 11.5 Å². The maximum atomic E-state index is 11.0. The molecule has 0 aliphatic heterocycles. The molecule has 6 heteroatoms. The number of aryl methyl sites for hydroxylation is 1. The average molecular weight is 242 g/mol. The molecule has 0 amide bonds. The molecule has 3 aromatic rings. The summed E-state index contributed by atoms with van der Waals surface area (Å²) in [6, 6.07) is 5.47. The number of nitrogens with zero attached hydrogens (tertiary/aromatic N) is 4. The maximum absolute atomic E-state index is 11.0. The molecule has 0 aliphatic carbocycles. The van der Waals surface area contributed by atoms with Crippen molar-refractivity contribution in [2.75, 3.05) is 0 Å². The van der Waals surface area contributed by atoms with Gasteiger partial charge in [0.15, 0.2) is 0 Å². The van der Waals surface area contributed by atoms with Crippen LogP contribution in [0.5, 0.6) is 0 Å². The Balaban J connectivity index is 2.15. The Morgan fingerprint density at radius 2 is 2.17 bits per heavy atom. The summed E-state index contributed by atoms with van der Waals surface area (Å²) in [5.74, 6) is -0.976. The van der Waals surface area contributed by atoms with Crippen molar-refractivity contribution in [2.45, 2.75) is 0 Å². The van der Waals surface area contributed by atoms with E-state index in [0.29, 0.717) is 5.52 Å². The van der Waals surface area contributed by atoms with Crippen LogP contribution in [0, 0.1) is 0 Å². The van der Waals surface area contributed by atoms with Crippen LogP contribution in [0.2, 0.25) is 0 Å². The first kappa shape index (κ1) is 10.5. The van der Waals surface area contributed by atoms with E-state index in [-0.39, 0.29) is 5.56 Å². The summed E-state index contributed by atoms with van der Waals surface area (Å²) in [5.41, 5.74) is 2.49. The average Bonchev–Trinajstić information content (AvgIpc) is 2.93. The fourth-order valence-electron chi connectivity index (χ4n) is 1.87. The molecule has 6 nitrogen and oxygen atoms in total. The molecule has 0 atom stereocenters. The van der Waals surface area contributed by atoms with Crippen LogP contribution in [0.1, 0.15) is 10.4 Å². The van der Waals surface area contributed by atoms with Crippen LogP contribution >= 0.6 is 0 Å². The van der Waals surface area contributed by atoms with Crippen molar-refractivity contribution in [2.24, 2.45) is 7.05 Å². The van der Waals surface area contributed by atoms with Gasteiger partial charge < -0.3 is 5.11 Å². The van der Waals surface area contributed by atoms with E-state index in [9.17, 15) is 4.79 Å². The summed E-state index contributed by atoms with van der Waals surface area (Å²) in [6.45, 7) is 0. The van der Waals surface area contributed by atoms with Gasteiger partial charge in [-0.05, 0) is 18.2 Å². The summed E-state index contributed by atoms with van der Waals surface area (Å²) in [6.07, 6.45) is 4.97. The van der Waals surface area contributed by atoms with Gasteiger partial charge in [0.25, 0.3) is 0 Å². The van der Waals surface area contributed by atoms with Crippen LogP contribution in [0.25, 0.3) is 16.8 Å². The topological polar surface area (TPSA) is 72.4 Å². The number of hydrogen-bond acceptors (Lipinski definition) is 3. The highest BCUT2D eigenvalue weighted by atomic mass is 16.4. The largest absolute Gasteiger partial charge is 0.478 e. The van der Waals surface area contributed by atoms with Gasteiger partial charge in [-0.25, -0.2) is 9.31 Å². The Hall–Kier alpha value is -2.63. The van der Waals surface area contributed by atoms with Gasteiger partial charge in [-0.3, -0.25) is 4.68 Å². The molecule has 0 aromatic carbocycles. The van der Waals surface area contributed by atoms with Crippen LogP contribution in [0.15, 0.2) is 36.8 Å². The van der Waals surface area contributed by atoms with Gasteiger partial charge in [0.2, 0.25) is 0 Å². The van der Waals surface area contributed by atoms with E-state index in [0.717, 1.165) is 11.3 Å². The molecule has 0 aliphatic rings. The second-order valence-corrected chi connectivity index (χ2v) is 3.99. The SMILES string of the molecule is Cn1ccc(-c2ccc3c(C(=O)O)cnn3c2)n1. The minimum atomic E-state index is -0.976. The lowest BCUT2D eigenvalue weighted by Crippen LogP contribution is -1.95. The van der Waals surface area contributed by atoms with Gasteiger partial charge >= 0.3 is 5.97 Å². The minimum Gasteiger partial charge on any atom is -0.478 e. The first-order valence-electron chi connectivity index (χ1n) is 5.36. The van der Waals surface area contributed by atoms with Crippen molar-refractivity contribution in [3.8, 4) is 11.3 Å². The predicted octanol–water partition coefficient (Wildman–Crippen LogP) is 1.43. The highest BCUT2D eigenvalue weighted by Gasteiger charge is 2.11. The molecular weight excluding hydrogens is 232 g/mol. The highest BCUT2D eigenvalue weighted by molar-refractivity contribution is 5.95. The standard InChI is InChI=1S/C12H10N4O2/c1-15-5-4-10(14-15)8-2-3-11-9(12(17)18)6-13-16(11)7-8/h2-7H,1H3,(H,17,18). The summed E-state index contributed by atoms with van der Waals surface area (Å²) in [7, 11) is 1.85. The van der Waals surface area contributed by atoms with Gasteiger partial charge in [0.05, 0.1) is 17.4 Å². The van der Waals surface area contributed by atoms with E-state index in [1.54, 1.807) is 21.5 Å². The molecule has 18 heavy (non-hydrogen) atoms. The second-order valence-electron chi connectivity index (χ2n) is 3.99. The molecule has 0 spiro atoms. The van der Waals surface area contributed by atoms with Gasteiger partial charge in [-0.1, -0.05) is 0 Å². The van der Waals surface area contributed by atoms with Crippen LogP contribution < -0.4 is 0 Å². The Morgan fingerprint density at radius 1 is 1.33 bits per heavy atom. The Morgan fingerprint density at radius 3 is 2.83 bits per heavy atom. The van der Waals surface area contributed by atoms with Crippen molar-refractivity contribution in [3.63, 3.8) is 0 Å². The number of pyridine rings is 1. The van der Waals surface area contributed by atoms with Crippen molar-refractivity contribution in [3.05, 3.63) is 42.4 Å². The summed E-state index contributed by atoms with van der Waals surface area (Å²) in [5, 5.41) is 17.3. The number of rotatable bonds is 2. The van der Waals surface area contributed by atoms with Gasteiger partial charge in [0, 0.05) is 25.0 Å². The highest BCUT2D eigenvalue weighted by Crippen LogP contribution is 2.19. The molecule has 3 heterocycles. The zero-order valence-corrected chi connectivity index (χ0v) is 9.61. The molecule has 0 unspecified atom stereocenters. The van der Waals surface area contributed by atoms with Crippen molar-refractivity contribution in [1.29, 1.82) is 0 Å². The van der Waals surface area contributed by atoms with E-state index < -0.39 is 5.97 Å². The number of aromatic nitrogens is 4. The quantitative estimate of drug-likeness (QED) is 0.737. The van der Waals surface area contributed by atoms with E-state index >= 15 is 0 Å². The molecule has 0 saturated heterocycles. The zero-order chi connectivity index (χ0) is 12.7. The number of carboxylic acids is 1. The number of hydrogen-bond donors (Lipinski definition) is 1.